The van der Waals surface area contributed by atoms with Crippen molar-refractivity contribution in [1.82, 2.24) is 4.90 Å². The van der Waals surface area contributed by atoms with Gasteiger partial charge in [0, 0.05) is 29.2 Å². The first kappa shape index (κ1) is 15.5. The zero-order valence-corrected chi connectivity index (χ0v) is 12.0. The van der Waals surface area contributed by atoms with Crippen molar-refractivity contribution < 1.29 is 4.79 Å². The lowest BCUT2D eigenvalue weighted by Gasteiger charge is -2.16. The molecule has 0 bridgehead atoms. The van der Waals surface area contributed by atoms with E-state index in [4.69, 9.17) is 23.2 Å². The standard InChI is InChI=1S/C15H15Cl2NO/c1-3-9-18(10-4-2)15(19)8-6-12-5-7-13(16)11-14(12)17/h3-8,11H,1-2,9-10H2/b8-6+. The predicted octanol–water partition coefficient (Wildman–Crippen LogP) is 4.21. The molecule has 0 aliphatic heterocycles. The van der Waals surface area contributed by atoms with Crippen LogP contribution in [-0.4, -0.2) is 23.9 Å². The van der Waals surface area contributed by atoms with E-state index < -0.39 is 0 Å². The molecule has 0 aliphatic carbocycles. The van der Waals surface area contributed by atoms with E-state index in [1.54, 1.807) is 41.3 Å². The van der Waals surface area contributed by atoms with Crippen LogP contribution in [0.2, 0.25) is 10.0 Å². The first-order valence-corrected chi connectivity index (χ1v) is 6.48. The van der Waals surface area contributed by atoms with Gasteiger partial charge in [-0.1, -0.05) is 41.4 Å². The van der Waals surface area contributed by atoms with Crippen LogP contribution < -0.4 is 0 Å². The maximum absolute atomic E-state index is 11.9. The van der Waals surface area contributed by atoms with Crippen LogP contribution in [0, 0.1) is 0 Å². The number of nitrogens with zero attached hydrogens (tertiary/aromatic N) is 1. The number of hydrogen-bond donors (Lipinski definition) is 0. The summed E-state index contributed by atoms with van der Waals surface area (Å²) in [6.45, 7) is 8.19. The molecule has 1 amide bonds. The molecule has 0 heterocycles. The second-order valence-electron chi connectivity index (χ2n) is 3.82. The Hall–Kier alpha value is -1.51. The van der Waals surface area contributed by atoms with Gasteiger partial charge >= 0.3 is 0 Å². The van der Waals surface area contributed by atoms with E-state index in [1.165, 1.54) is 6.08 Å². The Kier molecular flexibility index (Phi) is 6.40. The third kappa shape index (κ3) is 4.93. The molecular formula is C15H15Cl2NO. The Morgan fingerprint density at radius 2 is 1.84 bits per heavy atom. The molecule has 100 valence electrons. The molecule has 1 aromatic carbocycles. The van der Waals surface area contributed by atoms with Crippen molar-refractivity contribution in [3.05, 3.63) is 65.2 Å². The summed E-state index contributed by atoms with van der Waals surface area (Å²) in [5.74, 6) is -0.120. The van der Waals surface area contributed by atoms with Gasteiger partial charge in [-0.3, -0.25) is 4.79 Å². The number of hydrogen-bond acceptors (Lipinski definition) is 1. The van der Waals surface area contributed by atoms with Gasteiger partial charge in [-0.2, -0.15) is 0 Å². The summed E-state index contributed by atoms with van der Waals surface area (Å²) in [4.78, 5) is 13.6. The Bertz CT molecular complexity index is 499. The van der Waals surface area contributed by atoms with E-state index in [-0.39, 0.29) is 5.91 Å². The topological polar surface area (TPSA) is 20.3 Å². The number of halogens is 2. The van der Waals surface area contributed by atoms with Gasteiger partial charge < -0.3 is 4.90 Å². The van der Waals surface area contributed by atoms with Gasteiger partial charge in [0.1, 0.15) is 0 Å². The maximum atomic E-state index is 11.9. The fraction of sp³-hybridized carbons (Fsp3) is 0.133. The van der Waals surface area contributed by atoms with Crippen LogP contribution in [0.1, 0.15) is 5.56 Å². The quantitative estimate of drug-likeness (QED) is 0.569. The minimum atomic E-state index is -0.120. The molecule has 1 rings (SSSR count). The van der Waals surface area contributed by atoms with Gasteiger partial charge in [0.15, 0.2) is 0 Å². The fourth-order valence-corrected chi connectivity index (χ4v) is 1.94. The summed E-state index contributed by atoms with van der Waals surface area (Å²) in [5.41, 5.74) is 0.747. The lowest BCUT2D eigenvalue weighted by molar-refractivity contribution is -0.124. The smallest absolute Gasteiger partial charge is 0.247 e. The van der Waals surface area contributed by atoms with E-state index in [9.17, 15) is 4.79 Å². The van der Waals surface area contributed by atoms with Crippen molar-refractivity contribution in [2.75, 3.05) is 13.1 Å². The second kappa shape index (κ2) is 7.82. The summed E-state index contributed by atoms with van der Waals surface area (Å²) >= 11 is 11.8. The Morgan fingerprint density at radius 1 is 1.21 bits per heavy atom. The third-order valence-corrected chi connectivity index (χ3v) is 2.94. The van der Waals surface area contributed by atoms with Crippen LogP contribution >= 0.6 is 23.2 Å². The zero-order chi connectivity index (χ0) is 14.3. The number of benzene rings is 1. The number of carbonyl (C=O) groups excluding carboxylic acids is 1. The first-order valence-electron chi connectivity index (χ1n) is 5.72. The average molecular weight is 296 g/mol. The van der Waals surface area contributed by atoms with Crippen LogP contribution in [-0.2, 0) is 4.79 Å². The highest BCUT2D eigenvalue weighted by Gasteiger charge is 2.06. The molecule has 19 heavy (non-hydrogen) atoms. The predicted molar refractivity (Wildman–Crippen MR) is 82.5 cm³/mol. The van der Waals surface area contributed by atoms with Gasteiger partial charge in [-0.15, -0.1) is 13.2 Å². The molecule has 0 saturated heterocycles. The van der Waals surface area contributed by atoms with E-state index in [0.717, 1.165) is 5.56 Å². The maximum Gasteiger partial charge on any atom is 0.247 e. The number of rotatable bonds is 6. The monoisotopic (exact) mass is 295 g/mol. The number of carbonyl (C=O) groups is 1. The third-order valence-electron chi connectivity index (χ3n) is 2.38. The molecule has 0 spiro atoms. The van der Waals surface area contributed by atoms with Crippen LogP contribution in [0.15, 0.2) is 49.6 Å². The molecule has 0 unspecified atom stereocenters. The largest absolute Gasteiger partial charge is 0.332 e. The van der Waals surface area contributed by atoms with E-state index >= 15 is 0 Å². The van der Waals surface area contributed by atoms with E-state index in [0.29, 0.717) is 23.1 Å². The average Bonchev–Trinajstić information content (AvgIpc) is 2.37. The second-order valence-corrected chi connectivity index (χ2v) is 4.66. The molecule has 0 atom stereocenters. The first-order chi connectivity index (χ1) is 9.08. The highest BCUT2D eigenvalue weighted by molar-refractivity contribution is 6.35. The Morgan fingerprint density at radius 3 is 2.37 bits per heavy atom. The molecule has 0 radical (unpaired) electrons. The normalized spacial score (nSPS) is 10.4. The van der Waals surface area contributed by atoms with Crippen LogP contribution in [0.3, 0.4) is 0 Å². The highest BCUT2D eigenvalue weighted by Crippen LogP contribution is 2.22. The summed E-state index contributed by atoms with van der Waals surface area (Å²) in [7, 11) is 0. The van der Waals surface area contributed by atoms with Gasteiger partial charge in [-0.25, -0.2) is 0 Å². The molecule has 0 saturated carbocycles. The molecule has 2 nitrogen and oxygen atoms in total. The zero-order valence-electron chi connectivity index (χ0n) is 10.5. The molecule has 4 heteroatoms. The van der Waals surface area contributed by atoms with Gasteiger partial charge in [-0.05, 0) is 23.8 Å². The summed E-state index contributed by atoms with van der Waals surface area (Å²) in [6, 6.07) is 5.13. The lowest BCUT2D eigenvalue weighted by Crippen LogP contribution is -2.29. The van der Waals surface area contributed by atoms with E-state index in [1.807, 2.05) is 0 Å². The molecule has 0 aromatic heterocycles. The van der Waals surface area contributed by atoms with Gasteiger partial charge in [0.25, 0.3) is 0 Å². The SMILES string of the molecule is C=CCN(CC=C)C(=O)/C=C/c1ccc(Cl)cc1Cl. The summed E-state index contributed by atoms with van der Waals surface area (Å²) in [6.07, 6.45) is 6.48. The molecule has 0 aliphatic rings. The molecule has 0 N–H and O–H groups in total. The van der Waals surface area contributed by atoms with Gasteiger partial charge in [0.05, 0.1) is 0 Å². The molecule has 1 aromatic rings. The lowest BCUT2D eigenvalue weighted by atomic mass is 10.2. The van der Waals surface area contributed by atoms with Crippen molar-refractivity contribution >= 4 is 35.2 Å². The van der Waals surface area contributed by atoms with Crippen molar-refractivity contribution in [2.24, 2.45) is 0 Å². The van der Waals surface area contributed by atoms with Crippen molar-refractivity contribution in [2.45, 2.75) is 0 Å². The molecule has 0 fully saturated rings. The Balaban J connectivity index is 2.81. The van der Waals surface area contributed by atoms with E-state index in [2.05, 4.69) is 13.2 Å². The summed E-state index contributed by atoms with van der Waals surface area (Å²) in [5, 5.41) is 1.07. The van der Waals surface area contributed by atoms with Gasteiger partial charge in [0.2, 0.25) is 5.91 Å². The minimum absolute atomic E-state index is 0.120. The van der Waals surface area contributed by atoms with Crippen LogP contribution in [0.25, 0.3) is 6.08 Å². The van der Waals surface area contributed by atoms with Crippen molar-refractivity contribution in [3.8, 4) is 0 Å². The van der Waals surface area contributed by atoms with Crippen molar-refractivity contribution in [3.63, 3.8) is 0 Å². The number of amides is 1. The van der Waals surface area contributed by atoms with Crippen LogP contribution in [0.5, 0.6) is 0 Å². The summed E-state index contributed by atoms with van der Waals surface area (Å²) < 4.78 is 0. The fourth-order valence-electron chi connectivity index (χ4n) is 1.47. The minimum Gasteiger partial charge on any atom is -0.332 e. The van der Waals surface area contributed by atoms with Crippen LogP contribution in [0.4, 0.5) is 0 Å². The molecular weight excluding hydrogens is 281 g/mol. The Labute approximate surface area is 123 Å². The highest BCUT2D eigenvalue weighted by atomic mass is 35.5. The van der Waals surface area contributed by atoms with Crippen molar-refractivity contribution in [1.29, 1.82) is 0 Å².